The lowest BCUT2D eigenvalue weighted by Crippen LogP contribution is -2.19. The summed E-state index contributed by atoms with van der Waals surface area (Å²) >= 11 is 0. The largest absolute Gasteiger partial charge is 0.489 e. The smallest absolute Gasteiger partial charge is 0.224 e. The van der Waals surface area contributed by atoms with Crippen molar-refractivity contribution < 1.29 is 9.53 Å². The number of rotatable bonds is 5. The summed E-state index contributed by atoms with van der Waals surface area (Å²) in [7, 11) is 0. The highest BCUT2D eigenvalue weighted by Crippen LogP contribution is 2.25. The number of ether oxygens (including phenoxy) is 1. The molecule has 0 aromatic heterocycles. The Morgan fingerprint density at radius 3 is 2.85 bits per heavy atom. The molecule has 1 aliphatic rings. The number of carbonyl (C=O) groups is 1. The number of benzene rings is 1. The fourth-order valence-corrected chi connectivity index (χ4v) is 2.28. The minimum Gasteiger partial charge on any atom is -0.489 e. The number of para-hydroxylation sites is 2. The minimum atomic E-state index is 0. The van der Waals surface area contributed by atoms with E-state index in [0.717, 1.165) is 30.9 Å². The molecule has 1 atom stereocenters. The van der Waals surface area contributed by atoms with Crippen LogP contribution in [0.2, 0.25) is 0 Å². The van der Waals surface area contributed by atoms with Gasteiger partial charge in [-0.25, -0.2) is 0 Å². The van der Waals surface area contributed by atoms with Gasteiger partial charge in [-0.2, -0.15) is 0 Å². The maximum atomic E-state index is 12.0. The molecule has 0 aliphatic carbocycles. The summed E-state index contributed by atoms with van der Waals surface area (Å²) in [6.07, 6.45) is 1.75. The Balaban J connectivity index is 0.00000200. The molecule has 1 saturated heterocycles. The summed E-state index contributed by atoms with van der Waals surface area (Å²) in [4.78, 5) is 12.0. The van der Waals surface area contributed by atoms with Gasteiger partial charge in [0.1, 0.15) is 5.75 Å². The van der Waals surface area contributed by atoms with Crippen molar-refractivity contribution in [2.75, 3.05) is 18.4 Å². The number of anilines is 1. The zero-order valence-corrected chi connectivity index (χ0v) is 12.8. The number of halogens is 1. The lowest BCUT2D eigenvalue weighted by molar-refractivity contribution is -0.117. The Labute approximate surface area is 126 Å². The maximum absolute atomic E-state index is 12.0. The van der Waals surface area contributed by atoms with E-state index in [1.807, 2.05) is 38.1 Å². The Kier molecular flexibility index (Phi) is 6.82. The summed E-state index contributed by atoms with van der Waals surface area (Å²) in [5.41, 5.74) is 0.757. The predicted molar refractivity (Wildman–Crippen MR) is 83.7 cm³/mol. The minimum absolute atomic E-state index is 0. The van der Waals surface area contributed by atoms with Crippen molar-refractivity contribution in [3.8, 4) is 5.75 Å². The zero-order valence-electron chi connectivity index (χ0n) is 12.0. The van der Waals surface area contributed by atoms with Crippen LogP contribution in [0.4, 0.5) is 5.69 Å². The second-order valence-corrected chi connectivity index (χ2v) is 5.27. The van der Waals surface area contributed by atoms with Gasteiger partial charge < -0.3 is 15.4 Å². The number of hydrogen-bond acceptors (Lipinski definition) is 3. The Bertz CT molecular complexity index is 432. The third-order valence-electron chi connectivity index (χ3n) is 3.16. The van der Waals surface area contributed by atoms with Crippen molar-refractivity contribution in [2.45, 2.75) is 32.8 Å². The standard InChI is InChI=1S/C15H22N2O2.ClH/c1-11(2)19-14-6-4-3-5-13(14)17-15(18)9-12-7-8-16-10-12;/h3-6,11-12,16H,7-10H2,1-2H3,(H,17,18);1H. The van der Waals surface area contributed by atoms with Crippen molar-refractivity contribution in [3.63, 3.8) is 0 Å². The molecule has 1 amide bonds. The highest BCUT2D eigenvalue weighted by molar-refractivity contribution is 5.92. The molecule has 2 N–H and O–H groups in total. The second-order valence-electron chi connectivity index (χ2n) is 5.27. The summed E-state index contributed by atoms with van der Waals surface area (Å²) < 4.78 is 5.69. The van der Waals surface area contributed by atoms with Gasteiger partial charge in [-0.05, 0) is 51.4 Å². The number of nitrogens with one attached hydrogen (secondary N) is 2. The van der Waals surface area contributed by atoms with Crippen molar-refractivity contribution in [1.29, 1.82) is 0 Å². The third kappa shape index (κ3) is 5.02. The van der Waals surface area contributed by atoms with Crippen LogP contribution in [0.5, 0.6) is 5.75 Å². The van der Waals surface area contributed by atoms with E-state index in [9.17, 15) is 4.79 Å². The summed E-state index contributed by atoms with van der Waals surface area (Å²) in [5.74, 6) is 1.25. The fraction of sp³-hybridized carbons (Fsp3) is 0.533. The fourth-order valence-electron chi connectivity index (χ4n) is 2.28. The molecule has 0 saturated carbocycles. The molecule has 1 aliphatic heterocycles. The van der Waals surface area contributed by atoms with Gasteiger partial charge in [0.2, 0.25) is 5.91 Å². The van der Waals surface area contributed by atoms with Crippen LogP contribution in [0.1, 0.15) is 26.7 Å². The number of carbonyl (C=O) groups excluding carboxylic acids is 1. The van der Waals surface area contributed by atoms with Crippen molar-refractivity contribution in [1.82, 2.24) is 5.32 Å². The van der Waals surface area contributed by atoms with Gasteiger partial charge in [-0.3, -0.25) is 4.79 Å². The first-order valence-electron chi connectivity index (χ1n) is 6.91. The SMILES string of the molecule is CC(C)Oc1ccccc1NC(=O)CC1CCNC1.Cl. The van der Waals surface area contributed by atoms with Crippen LogP contribution < -0.4 is 15.4 Å². The molecule has 20 heavy (non-hydrogen) atoms. The molecular formula is C15H23ClN2O2. The molecule has 0 radical (unpaired) electrons. The van der Waals surface area contributed by atoms with Gasteiger partial charge in [0.25, 0.3) is 0 Å². The molecule has 1 fully saturated rings. The normalized spacial score (nSPS) is 17.6. The molecule has 112 valence electrons. The highest BCUT2D eigenvalue weighted by Gasteiger charge is 2.18. The topological polar surface area (TPSA) is 50.4 Å². The molecule has 1 heterocycles. The monoisotopic (exact) mass is 298 g/mol. The van der Waals surface area contributed by atoms with Gasteiger partial charge in [0.15, 0.2) is 0 Å². The van der Waals surface area contributed by atoms with Crippen LogP contribution in [0, 0.1) is 5.92 Å². The first kappa shape index (κ1) is 16.8. The van der Waals surface area contributed by atoms with E-state index in [1.54, 1.807) is 0 Å². The molecule has 1 unspecified atom stereocenters. The van der Waals surface area contributed by atoms with E-state index in [1.165, 1.54) is 0 Å². The van der Waals surface area contributed by atoms with Crippen LogP contribution in [0.25, 0.3) is 0 Å². The summed E-state index contributed by atoms with van der Waals surface area (Å²) in [6.45, 7) is 5.91. The molecule has 0 bridgehead atoms. The summed E-state index contributed by atoms with van der Waals surface area (Å²) in [6, 6.07) is 7.57. The molecule has 0 spiro atoms. The van der Waals surface area contributed by atoms with Crippen LogP contribution in [-0.2, 0) is 4.79 Å². The zero-order chi connectivity index (χ0) is 13.7. The molecule has 5 heteroatoms. The van der Waals surface area contributed by atoms with Crippen molar-refractivity contribution in [2.24, 2.45) is 5.92 Å². The molecule has 4 nitrogen and oxygen atoms in total. The molecule has 2 rings (SSSR count). The average Bonchev–Trinajstić information content (AvgIpc) is 2.83. The van der Waals surface area contributed by atoms with Crippen molar-refractivity contribution >= 4 is 24.0 Å². The van der Waals surface area contributed by atoms with Gasteiger partial charge in [0, 0.05) is 6.42 Å². The van der Waals surface area contributed by atoms with Crippen molar-refractivity contribution in [3.05, 3.63) is 24.3 Å². The van der Waals surface area contributed by atoms with Gasteiger partial charge >= 0.3 is 0 Å². The first-order chi connectivity index (χ1) is 9.15. The Morgan fingerprint density at radius 1 is 1.45 bits per heavy atom. The molecule has 1 aromatic carbocycles. The average molecular weight is 299 g/mol. The lowest BCUT2D eigenvalue weighted by Gasteiger charge is -2.15. The quantitative estimate of drug-likeness (QED) is 0.879. The van der Waals surface area contributed by atoms with E-state index in [0.29, 0.717) is 12.3 Å². The second kappa shape index (κ2) is 8.12. The number of hydrogen-bond donors (Lipinski definition) is 2. The Morgan fingerprint density at radius 2 is 2.20 bits per heavy atom. The van der Waals surface area contributed by atoms with Gasteiger partial charge in [-0.1, -0.05) is 12.1 Å². The Hall–Kier alpha value is -1.26. The van der Waals surface area contributed by atoms with Gasteiger partial charge in [0.05, 0.1) is 11.8 Å². The van der Waals surface area contributed by atoms with E-state index in [-0.39, 0.29) is 24.4 Å². The lowest BCUT2D eigenvalue weighted by atomic mass is 10.0. The number of amides is 1. The van der Waals surface area contributed by atoms with E-state index in [4.69, 9.17) is 4.74 Å². The third-order valence-corrected chi connectivity index (χ3v) is 3.16. The van der Waals surface area contributed by atoms with E-state index < -0.39 is 0 Å². The van der Waals surface area contributed by atoms with E-state index >= 15 is 0 Å². The van der Waals surface area contributed by atoms with Crippen LogP contribution in [0.3, 0.4) is 0 Å². The van der Waals surface area contributed by atoms with Crippen LogP contribution >= 0.6 is 12.4 Å². The predicted octanol–water partition coefficient (Wildman–Crippen LogP) is 2.83. The first-order valence-corrected chi connectivity index (χ1v) is 6.91. The molecule has 1 aromatic rings. The highest BCUT2D eigenvalue weighted by atomic mass is 35.5. The van der Waals surface area contributed by atoms with Gasteiger partial charge in [-0.15, -0.1) is 12.4 Å². The van der Waals surface area contributed by atoms with E-state index in [2.05, 4.69) is 10.6 Å². The van der Waals surface area contributed by atoms with Crippen LogP contribution in [-0.4, -0.2) is 25.1 Å². The van der Waals surface area contributed by atoms with Crippen LogP contribution in [0.15, 0.2) is 24.3 Å². The molecular weight excluding hydrogens is 276 g/mol. The summed E-state index contributed by atoms with van der Waals surface area (Å²) in [5, 5.41) is 6.23. The maximum Gasteiger partial charge on any atom is 0.224 e.